The Balaban J connectivity index is 1.54. The van der Waals surface area contributed by atoms with E-state index in [0.717, 1.165) is 12.1 Å². The van der Waals surface area contributed by atoms with Crippen molar-refractivity contribution >= 4 is 29.3 Å². The molecule has 2 bridgehead atoms. The number of rotatable bonds is 1. The molecule has 3 aliphatic rings. The Hall–Kier alpha value is -3.44. The molecule has 0 radical (unpaired) electrons. The number of benzene rings is 1. The summed E-state index contributed by atoms with van der Waals surface area (Å²) in [5.41, 5.74) is -1.26. The van der Waals surface area contributed by atoms with Gasteiger partial charge in [0.05, 0.1) is 23.6 Å². The van der Waals surface area contributed by atoms with Gasteiger partial charge in [-0.05, 0) is 42.7 Å². The molecule has 1 saturated heterocycles. The fourth-order valence-electron chi connectivity index (χ4n) is 5.68. The van der Waals surface area contributed by atoms with Crippen LogP contribution in [-0.4, -0.2) is 64.0 Å². The summed E-state index contributed by atoms with van der Waals surface area (Å²) in [5, 5.41) is 2.70. The van der Waals surface area contributed by atoms with Crippen LogP contribution in [0.1, 0.15) is 65.5 Å². The number of fused-ring (bicyclic) bond motifs is 5. The highest BCUT2D eigenvalue weighted by Crippen LogP contribution is 2.42. The van der Waals surface area contributed by atoms with Gasteiger partial charge in [0.25, 0.3) is 5.92 Å². The highest BCUT2D eigenvalue weighted by Gasteiger charge is 2.49. The van der Waals surface area contributed by atoms with Gasteiger partial charge in [-0.15, -0.1) is 0 Å². The van der Waals surface area contributed by atoms with E-state index < -0.39 is 71.3 Å². The standard InChI is InChI=1S/C29H35F3N4O5/c1-15-20(14-37)36-13-22(15)40-25-23(33-18-9-8-17(30)12-19(18)34-25)29(31,32)10-6-5-7-16-11-21(16)41-27(39)35-24(26(36)38)28(2,3)4/h8-9,12,14-16,20-22,24H,5-7,10-11,13H2,1-4H3,(H,35,39)/t15-,16+,20+,21+,22-,24+/m0/s1. The zero-order valence-electron chi connectivity index (χ0n) is 23.5. The van der Waals surface area contributed by atoms with Crippen LogP contribution in [0.3, 0.4) is 0 Å². The van der Waals surface area contributed by atoms with Crippen molar-refractivity contribution in [3.8, 4) is 5.88 Å². The first-order valence-corrected chi connectivity index (χ1v) is 14.0. The number of carbonyl (C=O) groups excluding carboxylic acids is 3. The monoisotopic (exact) mass is 576 g/mol. The van der Waals surface area contributed by atoms with Crippen molar-refractivity contribution in [3.63, 3.8) is 0 Å². The molecule has 2 fully saturated rings. The summed E-state index contributed by atoms with van der Waals surface area (Å²) in [5.74, 6) is -5.54. The molecule has 222 valence electrons. The number of alkyl halides is 2. The Morgan fingerprint density at radius 3 is 2.56 bits per heavy atom. The summed E-state index contributed by atoms with van der Waals surface area (Å²) >= 11 is 0. The van der Waals surface area contributed by atoms with Crippen LogP contribution in [0, 0.1) is 23.1 Å². The minimum Gasteiger partial charge on any atom is -0.471 e. The number of aromatic nitrogens is 2. The lowest BCUT2D eigenvalue weighted by Gasteiger charge is -2.34. The number of hydrogen-bond acceptors (Lipinski definition) is 7. The molecule has 6 atom stereocenters. The molecule has 0 spiro atoms. The average Bonchev–Trinajstić information content (AvgIpc) is 3.55. The van der Waals surface area contributed by atoms with E-state index in [-0.39, 0.29) is 36.0 Å². The molecule has 41 heavy (non-hydrogen) atoms. The molecule has 2 amide bonds. The molecule has 1 saturated carbocycles. The first-order valence-electron chi connectivity index (χ1n) is 14.0. The van der Waals surface area contributed by atoms with E-state index in [2.05, 4.69) is 15.3 Å². The van der Waals surface area contributed by atoms with Crippen molar-refractivity contribution in [1.29, 1.82) is 0 Å². The zero-order valence-corrected chi connectivity index (χ0v) is 23.5. The number of halogens is 3. The quantitative estimate of drug-likeness (QED) is 0.488. The van der Waals surface area contributed by atoms with E-state index in [4.69, 9.17) is 9.47 Å². The SMILES string of the molecule is C[C@@H]1[C@@H]2CN(C(=O)[C@H](C(C)(C)C)NC(=O)O[C@@H]3C[C@H]3CCCCC(F)(F)c3nc4ccc(F)cc4nc3O2)[C@@H]1C=O. The van der Waals surface area contributed by atoms with E-state index in [9.17, 15) is 18.8 Å². The first-order chi connectivity index (χ1) is 19.3. The van der Waals surface area contributed by atoms with Gasteiger partial charge >= 0.3 is 6.09 Å². The predicted molar refractivity (Wildman–Crippen MR) is 142 cm³/mol. The highest BCUT2D eigenvalue weighted by molar-refractivity contribution is 5.89. The van der Waals surface area contributed by atoms with E-state index in [1.165, 1.54) is 11.0 Å². The number of nitrogens with one attached hydrogen (secondary N) is 1. The lowest BCUT2D eigenvalue weighted by atomic mass is 9.85. The molecule has 9 nitrogen and oxygen atoms in total. The summed E-state index contributed by atoms with van der Waals surface area (Å²) in [7, 11) is 0. The van der Waals surface area contributed by atoms with E-state index in [1.54, 1.807) is 27.7 Å². The topological polar surface area (TPSA) is 111 Å². The first kappa shape index (κ1) is 29.1. The minimum atomic E-state index is -3.41. The maximum atomic E-state index is 15.7. The van der Waals surface area contributed by atoms with Gasteiger partial charge in [0.1, 0.15) is 30.4 Å². The normalized spacial score (nSPS) is 30.7. The highest BCUT2D eigenvalue weighted by atomic mass is 19.3. The maximum absolute atomic E-state index is 15.7. The largest absolute Gasteiger partial charge is 0.471 e. The zero-order chi connectivity index (χ0) is 29.7. The summed E-state index contributed by atoms with van der Waals surface area (Å²) in [6, 6.07) is 1.53. The Kier molecular flexibility index (Phi) is 7.63. The van der Waals surface area contributed by atoms with Crippen LogP contribution < -0.4 is 10.1 Å². The summed E-state index contributed by atoms with van der Waals surface area (Å²) in [6.45, 7) is 6.90. The van der Waals surface area contributed by atoms with Crippen LogP contribution in [0.25, 0.3) is 11.0 Å². The van der Waals surface area contributed by atoms with Gasteiger partial charge in [-0.25, -0.2) is 19.2 Å². The molecule has 0 unspecified atom stereocenters. The van der Waals surface area contributed by atoms with Crippen molar-refractivity contribution in [1.82, 2.24) is 20.2 Å². The minimum absolute atomic E-state index is 0.0440. The Bertz CT molecular complexity index is 1350. The fraction of sp³-hybridized carbons (Fsp3) is 0.621. The van der Waals surface area contributed by atoms with Gasteiger partial charge in [0, 0.05) is 18.4 Å². The molecule has 3 heterocycles. The Morgan fingerprint density at radius 1 is 1.10 bits per heavy atom. The van der Waals surface area contributed by atoms with Crippen LogP contribution in [0.5, 0.6) is 5.88 Å². The van der Waals surface area contributed by atoms with Crippen LogP contribution in [-0.2, 0) is 20.2 Å². The maximum Gasteiger partial charge on any atom is 0.408 e. The predicted octanol–water partition coefficient (Wildman–Crippen LogP) is 4.76. The number of alkyl carbamates (subject to hydrolysis) is 1. The van der Waals surface area contributed by atoms with Crippen molar-refractivity contribution in [2.75, 3.05) is 6.54 Å². The van der Waals surface area contributed by atoms with Gasteiger partial charge < -0.3 is 24.5 Å². The van der Waals surface area contributed by atoms with Crippen molar-refractivity contribution in [2.24, 2.45) is 17.3 Å². The number of nitrogens with zero attached hydrogens (tertiary/aromatic N) is 3. The van der Waals surface area contributed by atoms with Crippen LogP contribution >= 0.6 is 0 Å². The van der Waals surface area contributed by atoms with Crippen molar-refractivity contribution < 1.29 is 37.0 Å². The molecule has 5 rings (SSSR count). The van der Waals surface area contributed by atoms with E-state index in [0.29, 0.717) is 25.5 Å². The van der Waals surface area contributed by atoms with Gasteiger partial charge in [0.15, 0.2) is 5.69 Å². The van der Waals surface area contributed by atoms with E-state index in [1.807, 2.05) is 0 Å². The number of aldehydes is 1. The molecule has 2 aromatic rings. The molecule has 1 aromatic heterocycles. The second-order valence-corrected chi connectivity index (χ2v) is 12.5. The fourth-order valence-corrected chi connectivity index (χ4v) is 5.68. The average molecular weight is 577 g/mol. The number of carbonyl (C=O) groups is 3. The summed E-state index contributed by atoms with van der Waals surface area (Å²) < 4.78 is 56.9. The third-order valence-corrected chi connectivity index (χ3v) is 8.29. The lowest BCUT2D eigenvalue weighted by molar-refractivity contribution is -0.139. The summed E-state index contributed by atoms with van der Waals surface area (Å²) in [6.07, 6.45) is 0.0337. The van der Waals surface area contributed by atoms with E-state index >= 15 is 8.78 Å². The van der Waals surface area contributed by atoms with Crippen molar-refractivity contribution in [3.05, 3.63) is 29.7 Å². The molecule has 1 aromatic carbocycles. The van der Waals surface area contributed by atoms with Gasteiger partial charge in [0.2, 0.25) is 11.8 Å². The third-order valence-electron chi connectivity index (χ3n) is 8.29. The van der Waals surface area contributed by atoms with Crippen LogP contribution in [0.15, 0.2) is 18.2 Å². The smallest absolute Gasteiger partial charge is 0.408 e. The van der Waals surface area contributed by atoms with Crippen LogP contribution in [0.4, 0.5) is 18.0 Å². The third kappa shape index (κ3) is 5.97. The molecule has 1 aliphatic carbocycles. The molecule has 2 aliphatic heterocycles. The Morgan fingerprint density at radius 2 is 1.85 bits per heavy atom. The molecule has 1 N–H and O–H groups in total. The molecular weight excluding hydrogens is 541 g/mol. The van der Waals surface area contributed by atoms with Gasteiger partial charge in [-0.3, -0.25) is 4.79 Å². The van der Waals surface area contributed by atoms with Gasteiger partial charge in [-0.2, -0.15) is 8.78 Å². The lowest BCUT2D eigenvalue weighted by Crippen LogP contribution is -2.56. The number of ether oxygens (including phenoxy) is 2. The number of amides is 2. The molecule has 12 heteroatoms. The summed E-state index contributed by atoms with van der Waals surface area (Å²) in [4.78, 5) is 48.4. The van der Waals surface area contributed by atoms with Crippen molar-refractivity contribution in [2.45, 2.75) is 90.0 Å². The molecular formula is C29H35F3N4O5. The second kappa shape index (κ2) is 10.8. The van der Waals surface area contributed by atoms with Crippen LogP contribution in [0.2, 0.25) is 0 Å². The number of hydrogen-bond donors (Lipinski definition) is 1. The Labute approximate surface area is 236 Å². The second-order valence-electron chi connectivity index (χ2n) is 12.5. The van der Waals surface area contributed by atoms with Gasteiger partial charge in [-0.1, -0.05) is 34.1 Å².